The summed E-state index contributed by atoms with van der Waals surface area (Å²) in [4.78, 5) is 0. The number of hydrogen-bond donors (Lipinski definition) is 0. The SMILES string of the molecule is Cc1cccc([Si]C[c-]2c(C)cc3c2CCCC3)c1C.[CH2-]c1ccccc1.[CH2-]c1ccccc1.[CH2-]c1ccccc1.[Ti+4]. The van der Waals surface area contributed by atoms with E-state index in [1.165, 1.54) is 48.4 Å². The molecule has 42 heavy (non-hydrogen) atoms. The number of aryl methyl sites for hydroxylation is 3. The average Bonchev–Trinajstić information content (AvgIpc) is 3.31. The maximum Gasteiger partial charge on any atom is 4.00 e. The number of hydrogen-bond acceptors (Lipinski definition) is 0. The van der Waals surface area contributed by atoms with Crippen molar-refractivity contribution in [1.29, 1.82) is 0 Å². The molecule has 1 aliphatic carbocycles. The maximum atomic E-state index is 3.72. The summed E-state index contributed by atoms with van der Waals surface area (Å²) >= 11 is 0. The molecule has 0 nitrogen and oxygen atoms in total. The van der Waals surface area contributed by atoms with E-state index in [-0.39, 0.29) is 21.7 Å². The van der Waals surface area contributed by atoms with Crippen molar-refractivity contribution in [3.63, 3.8) is 0 Å². The molecule has 0 saturated heterocycles. The van der Waals surface area contributed by atoms with Crippen LogP contribution in [0.15, 0.2) is 115 Å². The minimum Gasteiger partial charge on any atom is -0.207 e. The van der Waals surface area contributed by atoms with E-state index >= 15 is 0 Å². The molecule has 0 bridgehead atoms. The van der Waals surface area contributed by atoms with Gasteiger partial charge in [-0.1, -0.05) is 80.2 Å². The Balaban J connectivity index is 0.000000229. The molecular weight excluding hydrogens is 556 g/mol. The zero-order valence-corrected chi connectivity index (χ0v) is 28.2. The van der Waals surface area contributed by atoms with E-state index in [2.05, 4.69) is 65.8 Å². The third-order valence-corrected chi connectivity index (χ3v) is 8.78. The Hall–Kier alpha value is -3.23. The van der Waals surface area contributed by atoms with Crippen molar-refractivity contribution in [2.45, 2.75) is 52.5 Å². The summed E-state index contributed by atoms with van der Waals surface area (Å²) in [6, 6.07) is 40.1. The minimum atomic E-state index is 0. The molecule has 2 heteroatoms. The molecule has 0 spiro atoms. The van der Waals surface area contributed by atoms with Gasteiger partial charge in [0.05, 0.1) is 9.52 Å². The summed E-state index contributed by atoms with van der Waals surface area (Å²) in [5.41, 5.74) is 12.7. The summed E-state index contributed by atoms with van der Waals surface area (Å²) in [5.74, 6) is 0. The van der Waals surface area contributed by atoms with Gasteiger partial charge in [-0.3, -0.25) is 0 Å². The largest absolute Gasteiger partial charge is 4.00 e. The van der Waals surface area contributed by atoms with Crippen LogP contribution in [0.2, 0.25) is 0 Å². The molecule has 0 unspecified atom stereocenters. The monoisotopic (exact) mass is 600 g/mol. The molecule has 0 atom stereocenters. The third-order valence-electron chi connectivity index (χ3n) is 7.33. The number of fused-ring (bicyclic) bond motifs is 1. The second-order valence-corrected chi connectivity index (χ2v) is 11.8. The van der Waals surface area contributed by atoms with E-state index in [4.69, 9.17) is 0 Å². The molecule has 6 rings (SSSR count). The van der Waals surface area contributed by atoms with Gasteiger partial charge in [0.2, 0.25) is 0 Å². The van der Waals surface area contributed by atoms with Gasteiger partial charge in [-0.05, 0) is 25.0 Å². The second-order valence-electron chi connectivity index (χ2n) is 10.6. The fourth-order valence-electron chi connectivity index (χ4n) is 4.83. The Morgan fingerprint density at radius 1 is 0.619 bits per heavy atom. The molecular formula is C40H44SiTi. The van der Waals surface area contributed by atoms with E-state index in [1.54, 1.807) is 21.9 Å². The Morgan fingerprint density at radius 2 is 1.10 bits per heavy atom. The molecule has 2 radical (unpaired) electrons. The minimum absolute atomic E-state index is 0. The predicted molar refractivity (Wildman–Crippen MR) is 181 cm³/mol. The first-order chi connectivity index (χ1) is 19.8. The molecule has 5 aromatic carbocycles. The Morgan fingerprint density at radius 3 is 1.55 bits per heavy atom. The summed E-state index contributed by atoms with van der Waals surface area (Å²) < 4.78 is 0. The third kappa shape index (κ3) is 11.9. The molecule has 212 valence electrons. The standard InChI is InChI=1S/C19H23Si.3C7H7.Ti/c1-13-7-6-10-19(15(13)3)20-12-18-14(2)11-16-8-4-5-9-17(16)18;3*1-7-5-3-2-4-6-7;/h6-7,10-11H,4-5,8-9,12H2,1-3H3;3*2-6H,1H2;/q4*-1;+4. The summed E-state index contributed by atoms with van der Waals surface area (Å²) in [5, 5.41) is 1.55. The van der Waals surface area contributed by atoms with Crippen LogP contribution in [0.4, 0.5) is 0 Å². The topological polar surface area (TPSA) is 0 Å². The van der Waals surface area contributed by atoms with Gasteiger partial charge in [-0.2, -0.15) is 96.1 Å². The van der Waals surface area contributed by atoms with Crippen molar-refractivity contribution in [1.82, 2.24) is 0 Å². The maximum absolute atomic E-state index is 3.72. The quantitative estimate of drug-likeness (QED) is 0.143. The van der Waals surface area contributed by atoms with Crippen LogP contribution in [0, 0.1) is 41.5 Å². The van der Waals surface area contributed by atoms with E-state index in [0.29, 0.717) is 0 Å². The summed E-state index contributed by atoms with van der Waals surface area (Å²) in [7, 11) is 0.912. The van der Waals surface area contributed by atoms with E-state index < -0.39 is 0 Å². The van der Waals surface area contributed by atoms with Gasteiger partial charge >= 0.3 is 21.7 Å². The first kappa shape index (κ1) is 35.0. The average molecular weight is 601 g/mol. The molecule has 0 aliphatic heterocycles. The van der Waals surface area contributed by atoms with Gasteiger partial charge in [0.15, 0.2) is 0 Å². The van der Waals surface area contributed by atoms with Crippen LogP contribution in [0.5, 0.6) is 0 Å². The van der Waals surface area contributed by atoms with Gasteiger partial charge in [0, 0.05) is 0 Å². The molecule has 0 heterocycles. The fraction of sp³-hybridized carbons (Fsp3) is 0.200. The normalized spacial score (nSPS) is 11.1. The van der Waals surface area contributed by atoms with Crippen LogP contribution in [0.25, 0.3) is 0 Å². The van der Waals surface area contributed by atoms with Gasteiger partial charge in [0.25, 0.3) is 0 Å². The molecule has 0 amide bonds. The molecule has 0 N–H and O–H groups in total. The van der Waals surface area contributed by atoms with Gasteiger partial charge in [0.1, 0.15) is 0 Å². The zero-order chi connectivity index (χ0) is 29.5. The van der Waals surface area contributed by atoms with Crippen molar-refractivity contribution in [2.75, 3.05) is 0 Å². The first-order valence-corrected chi connectivity index (χ1v) is 15.7. The van der Waals surface area contributed by atoms with Crippen LogP contribution >= 0.6 is 0 Å². The van der Waals surface area contributed by atoms with Crippen molar-refractivity contribution in [3.05, 3.63) is 186 Å². The van der Waals surface area contributed by atoms with Crippen molar-refractivity contribution < 1.29 is 21.7 Å². The molecule has 0 fully saturated rings. The van der Waals surface area contributed by atoms with E-state index in [0.717, 1.165) is 26.2 Å². The first-order valence-electron chi connectivity index (χ1n) is 14.5. The number of benzene rings is 4. The molecule has 5 aromatic rings. The Labute approximate surface area is 273 Å². The molecule has 1 aliphatic rings. The van der Waals surface area contributed by atoms with Crippen LogP contribution < -0.4 is 5.19 Å². The van der Waals surface area contributed by atoms with Crippen LogP contribution in [0.1, 0.15) is 62.9 Å². The van der Waals surface area contributed by atoms with Crippen LogP contribution in [-0.4, -0.2) is 9.52 Å². The smallest absolute Gasteiger partial charge is 0.207 e. The van der Waals surface area contributed by atoms with Crippen molar-refractivity contribution in [3.8, 4) is 0 Å². The van der Waals surface area contributed by atoms with E-state index in [1.807, 2.05) is 91.0 Å². The van der Waals surface area contributed by atoms with Crippen molar-refractivity contribution >= 4 is 14.7 Å². The van der Waals surface area contributed by atoms with Crippen LogP contribution in [-0.2, 0) is 40.6 Å². The fourth-order valence-corrected chi connectivity index (χ4v) is 6.36. The molecule has 0 aromatic heterocycles. The van der Waals surface area contributed by atoms with Crippen LogP contribution in [0.3, 0.4) is 0 Å². The Bertz CT molecular complexity index is 1330. The molecule has 0 saturated carbocycles. The van der Waals surface area contributed by atoms with Gasteiger partial charge in [-0.25, -0.2) is 6.07 Å². The van der Waals surface area contributed by atoms with Gasteiger partial charge in [-0.15, -0.1) is 36.4 Å². The summed E-state index contributed by atoms with van der Waals surface area (Å²) in [6.45, 7) is 18.0. The Kier molecular flexibility index (Phi) is 15.9. The predicted octanol–water partition coefficient (Wildman–Crippen LogP) is 9.34. The second kappa shape index (κ2) is 19.1. The summed E-state index contributed by atoms with van der Waals surface area (Å²) in [6.07, 6.45) is 5.39. The zero-order valence-electron chi connectivity index (χ0n) is 25.6. The number of rotatable bonds is 3. The van der Waals surface area contributed by atoms with E-state index in [9.17, 15) is 0 Å². The van der Waals surface area contributed by atoms with Gasteiger partial charge < -0.3 is 0 Å². The van der Waals surface area contributed by atoms with Crippen molar-refractivity contribution in [2.24, 2.45) is 0 Å².